The fourth-order valence-electron chi connectivity index (χ4n) is 5.59. The Kier molecular flexibility index (Phi) is 12.3. The van der Waals surface area contributed by atoms with Gasteiger partial charge >= 0.3 is 5.97 Å². The maximum Gasteiger partial charge on any atom is 0.321 e. The van der Waals surface area contributed by atoms with E-state index in [0.717, 1.165) is 29.9 Å². The standard InChI is InChI=1S/C35H46N2O2S/c1-3-5-7-9-11-13-17-28-21-23-29(24-22-28)31(20-16-10-8-6-4-2)33(32-27-37-25-26-40-35(37)36-32)34(38)39-30-18-14-12-15-19-30/h12,14-15,18-19,21-27,31,33H,3-11,13,16-17,20H2,1-2H3. The minimum atomic E-state index is -0.470. The molecule has 0 amide bonds. The van der Waals surface area contributed by atoms with Crippen LogP contribution in [0.2, 0.25) is 0 Å². The van der Waals surface area contributed by atoms with Gasteiger partial charge in [-0.1, -0.05) is 121 Å². The van der Waals surface area contributed by atoms with Crippen LogP contribution in [0.25, 0.3) is 4.96 Å². The summed E-state index contributed by atoms with van der Waals surface area (Å²) >= 11 is 1.59. The van der Waals surface area contributed by atoms with Gasteiger partial charge in [0.05, 0.1) is 5.69 Å². The Morgan fingerprint density at radius 1 is 0.850 bits per heavy atom. The highest BCUT2D eigenvalue weighted by atomic mass is 32.1. The normalized spacial score (nSPS) is 12.9. The minimum absolute atomic E-state index is 0.00513. The van der Waals surface area contributed by atoms with E-state index >= 15 is 0 Å². The number of hydrogen-bond donors (Lipinski definition) is 0. The summed E-state index contributed by atoms with van der Waals surface area (Å²) in [4.78, 5) is 19.7. The third-order valence-electron chi connectivity index (χ3n) is 7.89. The maximum atomic E-state index is 13.9. The number of hydrogen-bond acceptors (Lipinski definition) is 4. The van der Waals surface area contributed by atoms with Gasteiger partial charge in [0.2, 0.25) is 0 Å². The summed E-state index contributed by atoms with van der Waals surface area (Å²) in [7, 11) is 0. The van der Waals surface area contributed by atoms with Crippen molar-refractivity contribution in [3.63, 3.8) is 0 Å². The zero-order valence-corrected chi connectivity index (χ0v) is 25.2. The van der Waals surface area contributed by atoms with Gasteiger partial charge in [0.15, 0.2) is 4.96 Å². The van der Waals surface area contributed by atoms with Gasteiger partial charge in [-0.25, -0.2) is 4.98 Å². The molecule has 0 saturated heterocycles. The molecule has 214 valence electrons. The summed E-state index contributed by atoms with van der Waals surface area (Å²) in [5.41, 5.74) is 3.38. The Labute approximate surface area is 244 Å². The van der Waals surface area contributed by atoms with Crippen molar-refractivity contribution in [3.8, 4) is 5.75 Å². The zero-order chi connectivity index (χ0) is 28.0. The summed E-state index contributed by atoms with van der Waals surface area (Å²) in [5.74, 6) is -0.116. The topological polar surface area (TPSA) is 43.6 Å². The average Bonchev–Trinajstić information content (AvgIpc) is 3.58. The lowest BCUT2D eigenvalue weighted by atomic mass is 9.80. The van der Waals surface area contributed by atoms with Gasteiger partial charge in [-0.05, 0) is 42.5 Å². The molecule has 4 nitrogen and oxygen atoms in total. The van der Waals surface area contributed by atoms with Gasteiger partial charge in [-0.15, -0.1) is 11.3 Å². The molecule has 0 spiro atoms. The number of thiazole rings is 1. The second-order valence-electron chi connectivity index (χ2n) is 11.0. The lowest BCUT2D eigenvalue weighted by Gasteiger charge is -2.25. The van der Waals surface area contributed by atoms with Crippen LogP contribution in [0.4, 0.5) is 0 Å². The Morgan fingerprint density at radius 3 is 2.23 bits per heavy atom. The van der Waals surface area contributed by atoms with Gasteiger partial charge in [-0.2, -0.15) is 0 Å². The van der Waals surface area contributed by atoms with E-state index in [1.165, 1.54) is 75.3 Å². The van der Waals surface area contributed by atoms with Crippen molar-refractivity contribution in [2.45, 2.75) is 109 Å². The Bertz CT molecular complexity index is 1230. The van der Waals surface area contributed by atoms with Crippen molar-refractivity contribution >= 4 is 22.3 Å². The first kappa shape index (κ1) is 30.0. The Morgan fingerprint density at radius 2 is 1.52 bits per heavy atom. The van der Waals surface area contributed by atoms with E-state index in [9.17, 15) is 4.79 Å². The van der Waals surface area contributed by atoms with Crippen LogP contribution in [0.3, 0.4) is 0 Å². The summed E-state index contributed by atoms with van der Waals surface area (Å²) < 4.78 is 8.00. The molecule has 4 aromatic rings. The predicted octanol–water partition coefficient (Wildman–Crippen LogP) is 10.1. The van der Waals surface area contributed by atoms with Crippen molar-refractivity contribution < 1.29 is 9.53 Å². The molecule has 2 unspecified atom stereocenters. The quantitative estimate of drug-likeness (QED) is 0.0693. The van der Waals surface area contributed by atoms with Crippen molar-refractivity contribution in [2.75, 3.05) is 0 Å². The van der Waals surface area contributed by atoms with E-state index in [1.54, 1.807) is 11.3 Å². The average molecular weight is 559 g/mol. The highest BCUT2D eigenvalue weighted by molar-refractivity contribution is 7.15. The number of fused-ring (bicyclic) bond motifs is 1. The van der Waals surface area contributed by atoms with Gasteiger partial charge in [0, 0.05) is 23.7 Å². The Hall–Kier alpha value is -2.92. The van der Waals surface area contributed by atoms with Crippen LogP contribution in [-0.2, 0) is 11.2 Å². The monoisotopic (exact) mass is 558 g/mol. The minimum Gasteiger partial charge on any atom is -0.426 e. The lowest BCUT2D eigenvalue weighted by Crippen LogP contribution is -2.25. The van der Waals surface area contributed by atoms with E-state index in [1.807, 2.05) is 52.5 Å². The zero-order valence-electron chi connectivity index (χ0n) is 24.4. The smallest absolute Gasteiger partial charge is 0.321 e. The lowest BCUT2D eigenvalue weighted by molar-refractivity contribution is -0.136. The first-order valence-corrected chi connectivity index (χ1v) is 16.3. The molecule has 0 fully saturated rings. The number of para-hydroxylation sites is 1. The molecule has 0 aliphatic heterocycles. The molecule has 2 heterocycles. The highest BCUT2D eigenvalue weighted by Crippen LogP contribution is 2.39. The molecule has 0 aliphatic carbocycles. The van der Waals surface area contributed by atoms with Crippen LogP contribution in [0, 0.1) is 0 Å². The van der Waals surface area contributed by atoms with Crippen LogP contribution in [0.1, 0.15) is 120 Å². The van der Waals surface area contributed by atoms with E-state index in [-0.39, 0.29) is 11.9 Å². The number of esters is 1. The van der Waals surface area contributed by atoms with E-state index in [0.29, 0.717) is 5.75 Å². The summed E-state index contributed by atoms with van der Waals surface area (Å²) in [6, 6.07) is 18.5. The second kappa shape index (κ2) is 16.4. The molecule has 0 N–H and O–H groups in total. The molecular formula is C35H46N2O2S. The summed E-state index contributed by atoms with van der Waals surface area (Å²) in [5, 5.41) is 2.02. The first-order chi connectivity index (χ1) is 19.7. The number of unbranched alkanes of at least 4 members (excludes halogenated alkanes) is 9. The first-order valence-electron chi connectivity index (χ1n) is 15.5. The van der Waals surface area contributed by atoms with Crippen LogP contribution >= 0.6 is 11.3 Å². The fourth-order valence-corrected chi connectivity index (χ4v) is 6.30. The van der Waals surface area contributed by atoms with Gasteiger partial charge < -0.3 is 4.74 Å². The van der Waals surface area contributed by atoms with Gasteiger partial charge in [-0.3, -0.25) is 9.20 Å². The molecule has 0 saturated carbocycles. The molecule has 0 bridgehead atoms. The van der Waals surface area contributed by atoms with Gasteiger partial charge in [0.1, 0.15) is 11.7 Å². The van der Waals surface area contributed by atoms with E-state index < -0.39 is 5.92 Å². The van der Waals surface area contributed by atoms with E-state index in [4.69, 9.17) is 9.72 Å². The molecule has 2 aromatic carbocycles. The van der Waals surface area contributed by atoms with Crippen LogP contribution < -0.4 is 4.74 Å². The summed E-state index contributed by atoms with van der Waals surface area (Å²) in [6.45, 7) is 4.51. The molecule has 0 radical (unpaired) electrons. The molecule has 2 aromatic heterocycles. The largest absolute Gasteiger partial charge is 0.426 e. The second-order valence-corrected chi connectivity index (χ2v) is 11.9. The number of aromatic nitrogens is 2. The number of imidazole rings is 1. The maximum absolute atomic E-state index is 13.9. The fraction of sp³-hybridized carbons (Fsp3) is 0.486. The van der Waals surface area contributed by atoms with Crippen molar-refractivity contribution in [2.24, 2.45) is 0 Å². The third kappa shape index (κ3) is 8.79. The van der Waals surface area contributed by atoms with Crippen molar-refractivity contribution in [1.82, 2.24) is 9.38 Å². The molecule has 0 aliphatic rings. The summed E-state index contributed by atoms with van der Waals surface area (Å²) in [6.07, 6.45) is 19.9. The number of benzene rings is 2. The number of carbonyl (C=O) groups is 1. The van der Waals surface area contributed by atoms with Crippen molar-refractivity contribution in [3.05, 3.63) is 89.2 Å². The van der Waals surface area contributed by atoms with Crippen LogP contribution in [0.15, 0.2) is 72.4 Å². The highest BCUT2D eigenvalue weighted by Gasteiger charge is 2.35. The van der Waals surface area contributed by atoms with Crippen LogP contribution in [0.5, 0.6) is 5.75 Å². The van der Waals surface area contributed by atoms with Gasteiger partial charge in [0.25, 0.3) is 0 Å². The van der Waals surface area contributed by atoms with Crippen LogP contribution in [-0.4, -0.2) is 15.4 Å². The van der Waals surface area contributed by atoms with Crippen molar-refractivity contribution in [1.29, 1.82) is 0 Å². The number of nitrogens with zero attached hydrogens (tertiary/aromatic N) is 2. The number of aryl methyl sites for hydroxylation is 1. The predicted molar refractivity (Wildman–Crippen MR) is 168 cm³/mol. The number of carbonyl (C=O) groups excluding carboxylic acids is 1. The Balaban J connectivity index is 1.56. The SMILES string of the molecule is CCCCCCCCc1ccc(C(CCCCCCC)C(C(=O)Oc2ccccc2)c2cn3ccsc3n2)cc1. The third-order valence-corrected chi connectivity index (χ3v) is 8.66. The number of ether oxygens (including phenoxy) is 1. The molecule has 40 heavy (non-hydrogen) atoms. The number of rotatable bonds is 18. The molecule has 4 rings (SSSR count). The molecule has 5 heteroatoms. The van der Waals surface area contributed by atoms with E-state index in [2.05, 4.69) is 38.1 Å². The molecule has 2 atom stereocenters. The molecular weight excluding hydrogens is 512 g/mol.